The first-order valence-electron chi connectivity index (χ1n) is 5.80. The van der Waals surface area contributed by atoms with E-state index in [4.69, 9.17) is 4.74 Å². The van der Waals surface area contributed by atoms with E-state index >= 15 is 0 Å². The second-order valence-corrected chi connectivity index (χ2v) is 4.81. The number of amides is 2. The molecule has 1 N–H and O–H groups in total. The van der Waals surface area contributed by atoms with Gasteiger partial charge in [0.15, 0.2) is 6.10 Å². The Labute approximate surface area is 132 Å². The van der Waals surface area contributed by atoms with Crippen molar-refractivity contribution in [2.75, 3.05) is 7.11 Å². The van der Waals surface area contributed by atoms with E-state index in [1.54, 1.807) is 0 Å². The summed E-state index contributed by atoms with van der Waals surface area (Å²) in [5.74, 6) is -1.82. The van der Waals surface area contributed by atoms with Crippen molar-refractivity contribution in [3.63, 3.8) is 0 Å². The lowest BCUT2D eigenvalue weighted by atomic mass is 10.2. The fraction of sp³-hybridized carbons (Fsp3) is 0.250. The number of hydrogen-bond acceptors (Lipinski definition) is 7. The summed E-state index contributed by atoms with van der Waals surface area (Å²) in [7, 11) is 1.07. The van der Waals surface area contributed by atoms with E-state index < -0.39 is 29.0 Å². The fourth-order valence-corrected chi connectivity index (χ4v) is 1.71. The van der Waals surface area contributed by atoms with Crippen LogP contribution in [0.3, 0.4) is 0 Å². The number of nitro groups is 1. The van der Waals surface area contributed by atoms with Crippen molar-refractivity contribution in [3.8, 4) is 0 Å². The van der Waals surface area contributed by atoms with Crippen LogP contribution in [-0.4, -0.2) is 36.1 Å². The zero-order valence-corrected chi connectivity index (χ0v) is 13.1. The predicted molar refractivity (Wildman–Crippen MR) is 76.2 cm³/mol. The van der Waals surface area contributed by atoms with Gasteiger partial charge in [0, 0.05) is 6.07 Å². The number of rotatable bonds is 4. The van der Waals surface area contributed by atoms with E-state index in [0.717, 1.165) is 13.2 Å². The number of esters is 1. The molecule has 0 unspecified atom stereocenters. The van der Waals surface area contributed by atoms with Gasteiger partial charge in [-0.2, -0.15) is 0 Å². The number of methoxy groups -OCH3 is 1. The quantitative estimate of drug-likeness (QED) is 0.483. The summed E-state index contributed by atoms with van der Waals surface area (Å²) in [6.07, 6.45) is -2.28. The van der Waals surface area contributed by atoms with Crippen molar-refractivity contribution in [2.45, 2.75) is 13.0 Å². The molecule has 0 aliphatic heterocycles. The fourth-order valence-electron chi connectivity index (χ4n) is 1.31. The minimum Gasteiger partial charge on any atom is -0.453 e. The Hall–Kier alpha value is -2.49. The Morgan fingerprint density at radius 1 is 1.36 bits per heavy atom. The Morgan fingerprint density at radius 3 is 2.55 bits per heavy atom. The molecular weight excluding hydrogens is 364 g/mol. The molecule has 1 rings (SSSR count). The lowest BCUT2D eigenvalue weighted by Crippen LogP contribution is -2.39. The third kappa shape index (κ3) is 4.52. The van der Waals surface area contributed by atoms with Gasteiger partial charge in [-0.05, 0) is 35.0 Å². The highest BCUT2D eigenvalue weighted by atomic mass is 79.9. The van der Waals surface area contributed by atoms with Gasteiger partial charge in [-0.15, -0.1) is 0 Å². The van der Waals surface area contributed by atoms with Crippen molar-refractivity contribution in [1.29, 1.82) is 0 Å². The summed E-state index contributed by atoms with van der Waals surface area (Å²) in [6, 6.07) is 3.62. The van der Waals surface area contributed by atoms with E-state index in [2.05, 4.69) is 20.7 Å². The van der Waals surface area contributed by atoms with E-state index in [1.165, 1.54) is 19.1 Å². The van der Waals surface area contributed by atoms with Crippen LogP contribution in [0.15, 0.2) is 22.7 Å². The topological polar surface area (TPSA) is 125 Å². The number of alkyl carbamates (subject to hydrolysis) is 1. The average Bonchev–Trinajstić information content (AvgIpc) is 2.46. The number of carbonyl (C=O) groups is 3. The number of imide groups is 1. The standard InChI is InChI=1S/C12H11BrN2O7/c1-6(10(16)14-12(18)21-2)22-11(17)7-3-4-8(13)9(5-7)15(19)20/h3-6H,1-2H3,(H,14,16,18)/t6-/m0/s1. The smallest absolute Gasteiger partial charge is 0.413 e. The molecule has 22 heavy (non-hydrogen) atoms. The summed E-state index contributed by atoms with van der Waals surface area (Å²) in [4.78, 5) is 44.3. The van der Waals surface area contributed by atoms with Crippen LogP contribution in [0.1, 0.15) is 17.3 Å². The number of benzene rings is 1. The number of nitrogens with zero attached hydrogens (tertiary/aromatic N) is 1. The van der Waals surface area contributed by atoms with Gasteiger partial charge in [-0.1, -0.05) is 0 Å². The van der Waals surface area contributed by atoms with Crippen LogP contribution in [-0.2, 0) is 14.3 Å². The van der Waals surface area contributed by atoms with Crippen LogP contribution in [0.5, 0.6) is 0 Å². The first-order valence-corrected chi connectivity index (χ1v) is 6.59. The molecule has 1 atom stereocenters. The van der Waals surface area contributed by atoms with Crippen LogP contribution in [0.2, 0.25) is 0 Å². The van der Waals surface area contributed by atoms with Crippen LogP contribution >= 0.6 is 15.9 Å². The summed E-state index contributed by atoms with van der Waals surface area (Å²) in [5, 5.41) is 12.6. The SMILES string of the molecule is COC(=O)NC(=O)[C@H](C)OC(=O)c1ccc(Br)c([N+](=O)[O-])c1. The molecule has 1 aromatic rings. The van der Waals surface area contributed by atoms with Gasteiger partial charge in [0.1, 0.15) is 0 Å². The molecule has 0 aliphatic carbocycles. The van der Waals surface area contributed by atoms with Crippen molar-refractivity contribution < 1.29 is 28.8 Å². The maximum atomic E-state index is 11.8. The zero-order valence-electron chi connectivity index (χ0n) is 11.5. The molecular formula is C12H11BrN2O7. The Bertz CT molecular complexity index is 632. The van der Waals surface area contributed by atoms with E-state index in [1.807, 2.05) is 5.32 Å². The third-order valence-electron chi connectivity index (χ3n) is 2.44. The van der Waals surface area contributed by atoms with Gasteiger partial charge in [0.2, 0.25) is 0 Å². The lowest BCUT2D eigenvalue weighted by molar-refractivity contribution is -0.385. The highest BCUT2D eigenvalue weighted by Gasteiger charge is 2.23. The minimum atomic E-state index is -1.28. The second kappa shape index (κ2) is 7.50. The normalized spacial score (nSPS) is 11.2. The van der Waals surface area contributed by atoms with E-state index in [0.29, 0.717) is 0 Å². The molecule has 9 nitrogen and oxygen atoms in total. The van der Waals surface area contributed by atoms with Crippen molar-refractivity contribution in [3.05, 3.63) is 38.3 Å². The van der Waals surface area contributed by atoms with E-state index in [-0.39, 0.29) is 15.7 Å². The molecule has 0 radical (unpaired) electrons. The molecule has 0 heterocycles. The predicted octanol–water partition coefficient (Wildman–Crippen LogP) is 1.79. The molecule has 0 aliphatic rings. The zero-order chi connectivity index (χ0) is 16.9. The molecule has 10 heteroatoms. The highest BCUT2D eigenvalue weighted by Crippen LogP contribution is 2.26. The number of halogens is 1. The van der Waals surface area contributed by atoms with Crippen LogP contribution < -0.4 is 5.32 Å². The van der Waals surface area contributed by atoms with Crippen molar-refractivity contribution >= 4 is 39.6 Å². The molecule has 0 bridgehead atoms. The maximum Gasteiger partial charge on any atom is 0.413 e. The number of hydrogen-bond donors (Lipinski definition) is 1. The first kappa shape index (κ1) is 17.6. The van der Waals surface area contributed by atoms with Crippen LogP contribution in [0, 0.1) is 10.1 Å². The summed E-state index contributed by atoms with van der Waals surface area (Å²) in [5.41, 5.74) is -0.422. The Kier molecular flexibility index (Phi) is 5.99. The van der Waals surface area contributed by atoms with Gasteiger partial charge >= 0.3 is 12.1 Å². The van der Waals surface area contributed by atoms with Gasteiger partial charge in [0.25, 0.3) is 11.6 Å². The third-order valence-corrected chi connectivity index (χ3v) is 3.11. The van der Waals surface area contributed by atoms with Gasteiger partial charge in [-0.3, -0.25) is 20.2 Å². The van der Waals surface area contributed by atoms with Crippen LogP contribution in [0.25, 0.3) is 0 Å². The molecule has 0 saturated heterocycles. The Morgan fingerprint density at radius 2 is 2.00 bits per heavy atom. The summed E-state index contributed by atoms with van der Waals surface area (Å²) < 4.78 is 9.25. The maximum absolute atomic E-state index is 11.8. The monoisotopic (exact) mass is 374 g/mol. The second-order valence-electron chi connectivity index (χ2n) is 3.95. The van der Waals surface area contributed by atoms with Crippen LogP contribution in [0.4, 0.5) is 10.5 Å². The largest absolute Gasteiger partial charge is 0.453 e. The highest BCUT2D eigenvalue weighted by molar-refractivity contribution is 9.10. The summed E-state index contributed by atoms with van der Waals surface area (Å²) >= 11 is 2.98. The first-order chi connectivity index (χ1) is 10.3. The molecule has 0 aromatic heterocycles. The number of carbonyl (C=O) groups excluding carboxylic acids is 3. The van der Waals surface area contributed by atoms with Crippen molar-refractivity contribution in [1.82, 2.24) is 5.32 Å². The van der Waals surface area contributed by atoms with Gasteiger partial charge in [-0.25, -0.2) is 9.59 Å². The minimum absolute atomic E-state index is 0.104. The Balaban J connectivity index is 2.81. The number of ether oxygens (including phenoxy) is 2. The molecule has 1 aromatic carbocycles. The van der Waals surface area contributed by atoms with E-state index in [9.17, 15) is 24.5 Å². The number of nitro benzene ring substituents is 1. The molecule has 0 saturated carbocycles. The van der Waals surface area contributed by atoms with Gasteiger partial charge < -0.3 is 9.47 Å². The molecule has 0 fully saturated rings. The summed E-state index contributed by atoms with van der Waals surface area (Å²) in [6.45, 7) is 1.24. The number of nitrogens with one attached hydrogen (secondary N) is 1. The average molecular weight is 375 g/mol. The lowest BCUT2D eigenvalue weighted by Gasteiger charge is -2.12. The molecule has 2 amide bonds. The van der Waals surface area contributed by atoms with Crippen molar-refractivity contribution in [2.24, 2.45) is 0 Å². The molecule has 0 spiro atoms. The van der Waals surface area contributed by atoms with Gasteiger partial charge in [0.05, 0.1) is 22.1 Å². The molecule has 118 valence electrons.